The summed E-state index contributed by atoms with van der Waals surface area (Å²) in [6, 6.07) is 10.9. The first kappa shape index (κ1) is 23.9. The molecule has 1 atom stereocenters. The molecule has 0 amide bonds. The molecule has 1 aliphatic carbocycles. The Morgan fingerprint density at radius 3 is 2.74 bits per heavy atom. The van der Waals surface area contributed by atoms with Gasteiger partial charge in [0.15, 0.2) is 5.82 Å². The van der Waals surface area contributed by atoms with E-state index in [0.29, 0.717) is 12.6 Å². The van der Waals surface area contributed by atoms with E-state index < -0.39 is 0 Å². The number of hydrogen-bond donors (Lipinski definition) is 1. The summed E-state index contributed by atoms with van der Waals surface area (Å²) in [5.41, 5.74) is 3.96. The van der Waals surface area contributed by atoms with Crippen molar-refractivity contribution in [3.63, 3.8) is 0 Å². The van der Waals surface area contributed by atoms with Crippen molar-refractivity contribution in [1.82, 2.24) is 30.1 Å². The molecule has 7 nitrogen and oxygen atoms in total. The first-order chi connectivity index (χ1) is 17.0. The fourth-order valence-electron chi connectivity index (χ4n) is 5.56. The summed E-state index contributed by atoms with van der Waals surface area (Å²) in [7, 11) is 0. The second-order valence-electron chi connectivity index (χ2n) is 9.85. The molecular weight excluding hydrogens is 456 g/mol. The number of thiophene rings is 1. The number of pyridine rings is 1. The summed E-state index contributed by atoms with van der Waals surface area (Å²) in [5, 5.41) is 16.2. The third kappa shape index (κ3) is 5.09. The van der Waals surface area contributed by atoms with Crippen LogP contribution in [-0.4, -0.2) is 30.1 Å². The van der Waals surface area contributed by atoms with Gasteiger partial charge >= 0.3 is 0 Å². The molecule has 0 saturated heterocycles. The molecule has 1 N–H and O–H groups in total. The maximum absolute atomic E-state index is 13.2. The van der Waals surface area contributed by atoms with Gasteiger partial charge in [0.1, 0.15) is 0 Å². The van der Waals surface area contributed by atoms with Crippen molar-refractivity contribution < 1.29 is 0 Å². The van der Waals surface area contributed by atoms with E-state index in [0.717, 1.165) is 53.7 Å². The van der Waals surface area contributed by atoms with Crippen molar-refractivity contribution >= 4 is 22.2 Å². The highest BCUT2D eigenvalue weighted by Crippen LogP contribution is 2.33. The van der Waals surface area contributed by atoms with Gasteiger partial charge in [0, 0.05) is 23.5 Å². The van der Waals surface area contributed by atoms with Gasteiger partial charge in [-0.3, -0.25) is 9.69 Å². The van der Waals surface area contributed by atoms with Crippen molar-refractivity contribution in [2.24, 2.45) is 0 Å². The second kappa shape index (κ2) is 10.4. The molecule has 3 heterocycles. The number of nitrogens with zero attached hydrogens (tertiary/aromatic N) is 5. The predicted octanol–water partition coefficient (Wildman–Crippen LogP) is 5.85. The van der Waals surface area contributed by atoms with Gasteiger partial charge in [0.2, 0.25) is 0 Å². The highest BCUT2D eigenvalue weighted by Gasteiger charge is 2.29. The molecule has 35 heavy (non-hydrogen) atoms. The number of nitrogens with one attached hydrogen (secondary N) is 1. The van der Waals surface area contributed by atoms with Gasteiger partial charge in [-0.1, -0.05) is 43.9 Å². The van der Waals surface area contributed by atoms with Crippen LogP contribution in [0.4, 0.5) is 0 Å². The van der Waals surface area contributed by atoms with Gasteiger partial charge < -0.3 is 4.98 Å². The molecule has 0 radical (unpaired) electrons. The van der Waals surface area contributed by atoms with Crippen LogP contribution < -0.4 is 5.56 Å². The normalized spacial score (nSPS) is 15.8. The van der Waals surface area contributed by atoms with E-state index in [2.05, 4.69) is 79.7 Å². The van der Waals surface area contributed by atoms with Crippen LogP contribution in [0.25, 0.3) is 10.9 Å². The number of fused-ring (bicyclic) bond motifs is 1. The lowest BCUT2D eigenvalue weighted by Gasteiger charge is -2.31. The minimum Gasteiger partial charge on any atom is -0.321 e. The zero-order valence-electron chi connectivity index (χ0n) is 20.8. The number of benzene rings is 1. The lowest BCUT2D eigenvalue weighted by molar-refractivity contribution is 0.157. The van der Waals surface area contributed by atoms with Gasteiger partial charge in [0.05, 0.1) is 17.6 Å². The third-order valence-electron chi connectivity index (χ3n) is 7.25. The molecule has 8 heteroatoms. The van der Waals surface area contributed by atoms with Gasteiger partial charge in [-0.2, -0.15) is 0 Å². The average molecular weight is 491 g/mol. The summed E-state index contributed by atoms with van der Waals surface area (Å²) in [5.74, 6) is 0.917. The van der Waals surface area contributed by atoms with Crippen LogP contribution in [0.15, 0.2) is 40.5 Å². The Morgan fingerprint density at radius 1 is 1.17 bits per heavy atom. The Morgan fingerprint density at radius 2 is 2.00 bits per heavy atom. The number of tetrazole rings is 1. The summed E-state index contributed by atoms with van der Waals surface area (Å²) in [4.78, 5) is 20.0. The lowest BCUT2D eigenvalue weighted by atomic mass is 9.95. The van der Waals surface area contributed by atoms with E-state index in [1.165, 1.54) is 29.7 Å². The first-order valence-electron chi connectivity index (χ1n) is 12.7. The maximum Gasteiger partial charge on any atom is 0.252 e. The van der Waals surface area contributed by atoms with E-state index in [1.807, 2.05) is 6.92 Å². The zero-order valence-corrected chi connectivity index (χ0v) is 21.6. The Bertz CT molecular complexity index is 1340. The highest BCUT2D eigenvalue weighted by atomic mass is 32.1. The molecule has 5 rings (SSSR count). The number of aromatic nitrogens is 5. The van der Waals surface area contributed by atoms with Gasteiger partial charge in [0.25, 0.3) is 5.56 Å². The molecule has 0 spiro atoms. The molecule has 3 aromatic heterocycles. The van der Waals surface area contributed by atoms with Crippen molar-refractivity contribution in [2.45, 2.75) is 84.5 Å². The van der Waals surface area contributed by atoms with Crippen molar-refractivity contribution in [3.8, 4) is 0 Å². The Balaban J connectivity index is 1.52. The van der Waals surface area contributed by atoms with Crippen molar-refractivity contribution in [2.75, 3.05) is 0 Å². The van der Waals surface area contributed by atoms with E-state index in [9.17, 15) is 4.79 Å². The first-order valence-corrected chi connectivity index (χ1v) is 13.6. The smallest absolute Gasteiger partial charge is 0.252 e. The van der Waals surface area contributed by atoms with Crippen LogP contribution in [0.2, 0.25) is 0 Å². The number of H-pyrrole nitrogens is 1. The van der Waals surface area contributed by atoms with Crippen LogP contribution in [0, 0.1) is 13.8 Å². The van der Waals surface area contributed by atoms with E-state index in [-0.39, 0.29) is 11.6 Å². The minimum absolute atomic E-state index is 0.0170. The molecule has 4 aromatic rings. The van der Waals surface area contributed by atoms with Crippen LogP contribution in [0.1, 0.15) is 84.9 Å². The molecule has 0 bridgehead atoms. The number of aromatic amines is 1. The fourth-order valence-corrected chi connectivity index (χ4v) is 6.29. The Kier molecular flexibility index (Phi) is 7.11. The quantitative estimate of drug-likeness (QED) is 0.335. The number of aryl methyl sites for hydroxylation is 2. The molecular formula is C27H34N6OS. The van der Waals surface area contributed by atoms with Crippen LogP contribution in [0.5, 0.6) is 0 Å². The number of hydrogen-bond acceptors (Lipinski definition) is 6. The Hall–Kier alpha value is -2.84. The molecule has 0 unspecified atom stereocenters. The average Bonchev–Trinajstić information content (AvgIpc) is 3.54. The summed E-state index contributed by atoms with van der Waals surface area (Å²) < 4.78 is 2.08. The molecule has 1 aliphatic rings. The maximum atomic E-state index is 13.2. The third-order valence-corrected chi connectivity index (χ3v) is 8.11. The van der Waals surface area contributed by atoms with Gasteiger partial charge in [-0.15, -0.1) is 16.4 Å². The highest BCUT2D eigenvalue weighted by molar-refractivity contribution is 7.09. The molecule has 1 saturated carbocycles. The zero-order chi connectivity index (χ0) is 24.4. The van der Waals surface area contributed by atoms with Gasteiger partial charge in [-0.25, -0.2) is 4.68 Å². The van der Waals surface area contributed by atoms with Crippen LogP contribution >= 0.6 is 11.3 Å². The van der Waals surface area contributed by atoms with E-state index in [1.54, 1.807) is 11.3 Å². The topological polar surface area (TPSA) is 79.7 Å². The summed E-state index contributed by atoms with van der Waals surface area (Å²) in [6.45, 7) is 7.61. The monoisotopic (exact) mass is 490 g/mol. The molecule has 184 valence electrons. The van der Waals surface area contributed by atoms with E-state index in [4.69, 9.17) is 0 Å². The summed E-state index contributed by atoms with van der Waals surface area (Å²) in [6.07, 6.45) is 6.86. The largest absolute Gasteiger partial charge is 0.321 e. The van der Waals surface area contributed by atoms with E-state index >= 15 is 0 Å². The summed E-state index contributed by atoms with van der Waals surface area (Å²) >= 11 is 1.74. The number of rotatable bonds is 8. The molecule has 1 aromatic carbocycles. The predicted molar refractivity (Wildman–Crippen MR) is 141 cm³/mol. The van der Waals surface area contributed by atoms with Gasteiger partial charge in [-0.05, 0) is 78.1 Å². The Labute approximate surface area is 210 Å². The minimum atomic E-state index is -0.0256. The standard InChI is InChI=1S/C27H34N6OS/c1-4-24(26-29-30-31-33(26)22-9-6-5-7-10-22)32(17-23-11-8-12-35-23)16-21-15-20-14-18(2)13-19(3)25(20)28-27(21)34/h8,11-15,22,24H,4-7,9-10,16-17H2,1-3H3,(H,28,34)/t24-/m1/s1. The van der Waals surface area contributed by atoms with Crippen LogP contribution in [0.3, 0.4) is 0 Å². The van der Waals surface area contributed by atoms with Crippen LogP contribution in [-0.2, 0) is 13.1 Å². The lowest BCUT2D eigenvalue weighted by Crippen LogP contribution is -2.33. The van der Waals surface area contributed by atoms with Crippen molar-refractivity contribution in [3.05, 3.63) is 73.5 Å². The SMILES string of the molecule is CC[C@H](c1nnnn1C1CCCCC1)N(Cc1cccs1)Cc1cc2cc(C)cc(C)c2[nH]c1=O. The second-order valence-corrected chi connectivity index (χ2v) is 10.9. The van der Waals surface area contributed by atoms with Crippen molar-refractivity contribution in [1.29, 1.82) is 0 Å². The molecule has 1 fully saturated rings. The molecule has 0 aliphatic heterocycles. The fraction of sp³-hybridized carbons (Fsp3) is 0.481.